The number of aliphatic hydroxyl groups is 1. The molecule has 0 aliphatic carbocycles. The van der Waals surface area contributed by atoms with Crippen molar-refractivity contribution in [1.29, 1.82) is 0 Å². The van der Waals surface area contributed by atoms with E-state index in [4.69, 9.17) is 4.74 Å². The number of aliphatic hydroxyl groups excluding tert-OH is 1. The SMILES string of the molecule is COc1ccc2ncc(F)c(C(F)CCC3(CO)CCN(CCCc4c(F)cc(F)cc4F)CC3)c2c1. The molecule has 37 heavy (non-hydrogen) atoms. The van der Waals surface area contributed by atoms with Crippen LogP contribution in [-0.2, 0) is 6.42 Å². The normalized spacial score (nSPS) is 16.7. The molecule has 1 unspecified atom stereocenters. The van der Waals surface area contributed by atoms with Gasteiger partial charge in [-0.3, -0.25) is 4.98 Å². The topological polar surface area (TPSA) is 45.6 Å². The zero-order valence-corrected chi connectivity index (χ0v) is 20.8. The number of hydrogen-bond donors (Lipinski definition) is 1. The van der Waals surface area contributed by atoms with E-state index in [0.29, 0.717) is 74.1 Å². The fourth-order valence-corrected chi connectivity index (χ4v) is 5.22. The van der Waals surface area contributed by atoms with Crippen molar-refractivity contribution in [3.8, 4) is 5.75 Å². The van der Waals surface area contributed by atoms with Crippen LogP contribution >= 0.6 is 0 Å². The second-order valence-corrected chi connectivity index (χ2v) is 9.86. The third-order valence-corrected chi connectivity index (χ3v) is 7.57. The maximum Gasteiger partial charge on any atom is 0.148 e. The summed E-state index contributed by atoms with van der Waals surface area (Å²) in [5.41, 5.74) is -0.168. The zero-order chi connectivity index (χ0) is 26.6. The van der Waals surface area contributed by atoms with Crippen molar-refractivity contribution in [3.05, 3.63) is 70.9 Å². The van der Waals surface area contributed by atoms with Crippen LogP contribution in [0.5, 0.6) is 5.75 Å². The first-order chi connectivity index (χ1) is 17.7. The number of hydrogen-bond acceptors (Lipinski definition) is 4. The second kappa shape index (κ2) is 11.7. The van der Waals surface area contributed by atoms with Crippen LogP contribution in [0.1, 0.15) is 49.4 Å². The van der Waals surface area contributed by atoms with Gasteiger partial charge in [0.1, 0.15) is 35.2 Å². The van der Waals surface area contributed by atoms with Gasteiger partial charge in [0.2, 0.25) is 0 Å². The molecule has 0 saturated carbocycles. The summed E-state index contributed by atoms with van der Waals surface area (Å²) in [5, 5.41) is 10.5. The summed E-state index contributed by atoms with van der Waals surface area (Å²) < 4.78 is 76.1. The lowest BCUT2D eigenvalue weighted by Gasteiger charge is -2.41. The summed E-state index contributed by atoms with van der Waals surface area (Å²) in [4.78, 5) is 6.18. The molecular weight excluding hydrogens is 491 g/mol. The van der Waals surface area contributed by atoms with E-state index < -0.39 is 34.9 Å². The molecular formula is C28H31F5N2O2. The molecule has 3 aromatic rings. The summed E-state index contributed by atoms with van der Waals surface area (Å²) in [6.07, 6.45) is 1.80. The standard InChI is InChI=1S/C28H31F5N2O2/c1-37-19-4-5-26-21(15-19)27(25(33)16-34-26)22(30)6-7-28(17-36)8-11-35(12-9-28)10-2-3-20-23(31)13-18(29)14-24(20)32/h4-5,13-16,22,36H,2-3,6-12,17H2,1H3. The Morgan fingerprint density at radius 3 is 2.41 bits per heavy atom. The number of fused-ring (bicyclic) bond motifs is 1. The van der Waals surface area contributed by atoms with Crippen molar-refractivity contribution in [3.63, 3.8) is 0 Å². The minimum atomic E-state index is -1.57. The summed E-state index contributed by atoms with van der Waals surface area (Å²) in [5.74, 6) is -2.93. The molecule has 1 N–H and O–H groups in total. The summed E-state index contributed by atoms with van der Waals surface area (Å²) in [7, 11) is 1.48. The Balaban J connectivity index is 1.33. The minimum absolute atomic E-state index is 0.0466. The van der Waals surface area contributed by atoms with E-state index >= 15 is 4.39 Å². The molecule has 1 aromatic heterocycles. The largest absolute Gasteiger partial charge is 0.497 e. The molecule has 0 radical (unpaired) electrons. The van der Waals surface area contributed by atoms with Gasteiger partial charge in [-0.1, -0.05) is 0 Å². The summed E-state index contributed by atoms with van der Waals surface area (Å²) in [6, 6.07) is 6.30. The van der Waals surface area contributed by atoms with Gasteiger partial charge in [0.15, 0.2) is 0 Å². The van der Waals surface area contributed by atoms with Crippen LogP contribution in [0, 0.1) is 28.7 Å². The first-order valence-electron chi connectivity index (χ1n) is 12.5. The van der Waals surface area contributed by atoms with Crippen LogP contribution in [0.4, 0.5) is 22.0 Å². The van der Waals surface area contributed by atoms with E-state index in [2.05, 4.69) is 9.88 Å². The number of methoxy groups -OCH3 is 1. The second-order valence-electron chi connectivity index (χ2n) is 9.86. The number of benzene rings is 2. The lowest BCUT2D eigenvalue weighted by Crippen LogP contribution is -2.42. The number of aromatic nitrogens is 1. The number of alkyl halides is 1. The zero-order valence-electron chi connectivity index (χ0n) is 20.8. The summed E-state index contributed by atoms with van der Waals surface area (Å²) >= 11 is 0. The van der Waals surface area contributed by atoms with Crippen molar-refractivity contribution in [2.75, 3.05) is 33.4 Å². The fraction of sp³-hybridized carbons (Fsp3) is 0.464. The van der Waals surface area contributed by atoms with Gasteiger partial charge in [0, 0.05) is 35.3 Å². The monoisotopic (exact) mass is 522 g/mol. The number of ether oxygens (including phenoxy) is 1. The molecule has 0 bridgehead atoms. The van der Waals surface area contributed by atoms with E-state index in [1.807, 2.05) is 0 Å². The number of pyridine rings is 1. The van der Waals surface area contributed by atoms with Crippen molar-refractivity contribution in [2.45, 2.75) is 44.7 Å². The number of halogens is 5. The van der Waals surface area contributed by atoms with Crippen molar-refractivity contribution >= 4 is 10.9 Å². The molecule has 2 aromatic carbocycles. The number of piperidine rings is 1. The van der Waals surface area contributed by atoms with Gasteiger partial charge in [-0.2, -0.15) is 0 Å². The first kappa shape index (κ1) is 27.3. The number of likely N-dealkylation sites (tertiary alicyclic amines) is 1. The molecule has 9 heteroatoms. The molecule has 200 valence electrons. The molecule has 1 saturated heterocycles. The van der Waals surface area contributed by atoms with E-state index in [9.17, 15) is 22.7 Å². The molecule has 4 rings (SSSR count). The number of rotatable bonds is 10. The fourth-order valence-electron chi connectivity index (χ4n) is 5.22. The Morgan fingerprint density at radius 2 is 1.76 bits per heavy atom. The number of nitrogens with zero attached hydrogens (tertiary/aromatic N) is 2. The highest BCUT2D eigenvalue weighted by Gasteiger charge is 2.35. The highest BCUT2D eigenvalue weighted by Crippen LogP contribution is 2.40. The predicted octanol–water partition coefficient (Wildman–Crippen LogP) is 6.30. The lowest BCUT2D eigenvalue weighted by atomic mass is 9.74. The predicted molar refractivity (Wildman–Crippen MR) is 131 cm³/mol. The first-order valence-corrected chi connectivity index (χ1v) is 12.5. The Kier molecular flexibility index (Phi) is 8.64. The van der Waals surface area contributed by atoms with E-state index in [0.717, 1.165) is 6.20 Å². The van der Waals surface area contributed by atoms with E-state index in [-0.39, 0.29) is 30.6 Å². The van der Waals surface area contributed by atoms with Crippen LogP contribution in [0.15, 0.2) is 36.5 Å². The lowest BCUT2D eigenvalue weighted by molar-refractivity contribution is 0.0298. The van der Waals surface area contributed by atoms with Crippen molar-refractivity contribution in [1.82, 2.24) is 9.88 Å². The van der Waals surface area contributed by atoms with Crippen LogP contribution in [0.3, 0.4) is 0 Å². The molecule has 1 fully saturated rings. The highest BCUT2D eigenvalue weighted by molar-refractivity contribution is 5.84. The van der Waals surface area contributed by atoms with Crippen molar-refractivity contribution < 1.29 is 31.8 Å². The highest BCUT2D eigenvalue weighted by atomic mass is 19.2. The third kappa shape index (κ3) is 6.21. The van der Waals surface area contributed by atoms with Crippen LogP contribution in [0.25, 0.3) is 10.9 Å². The van der Waals surface area contributed by atoms with E-state index in [1.54, 1.807) is 18.2 Å². The van der Waals surface area contributed by atoms with Gasteiger partial charge in [-0.15, -0.1) is 0 Å². The van der Waals surface area contributed by atoms with Gasteiger partial charge in [-0.25, -0.2) is 22.0 Å². The Labute approximate surface area is 213 Å². The minimum Gasteiger partial charge on any atom is -0.497 e. The molecule has 1 aliphatic rings. The average Bonchev–Trinajstić information content (AvgIpc) is 2.89. The van der Waals surface area contributed by atoms with Gasteiger partial charge < -0.3 is 14.7 Å². The Hall–Kier alpha value is -2.78. The Bertz CT molecular complexity index is 1210. The van der Waals surface area contributed by atoms with Gasteiger partial charge in [-0.05, 0) is 81.8 Å². The molecule has 4 nitrogen and oxygen atoms in total. The average molecular weight is 523 g/mol. The molecule has 1 atom stereocenters. The third-order valence-electron chi connectivity index (χ3n) is 7.57. The maximum absolute atomic E-state index is 15.4. The van der Waals surface area contributed by atoms with Gasteiger partial charge in [0.25, 0.3) is 0 Å². The quantitative estimate of drug-likeness (QED) is 0.318. The van der Waals surface area contributed by atoms with Crippen LogP contribution in [0.2, 0.25) is 0 Å². The Morgan fingerprint density at radius 1 is 1.05 bits per heavy atom. The maximum atomic E-state index is 15.4. The molecule has 0 amide bonds. The summed E-state index contributed by atoms with van der Waals surface area (Å²) in [6.45, 7) is 1.79. The van der Waals surface area contributed by atoms with Crippen LogP contribution in [-0.4, -0.2) is 48.3 Å². The van der Waals surface area contributed by atoms with Gasteiger partial charge >= 0.3 is 0 Å². The molecule has 2 heterocycles. The van der Waals surface area contributed by atoms with E-state index in [1.165, 1.54) is 7.11 Å². The van der Waals surface area contributed by atoms with Crippen LogP contribution < -0.4 is 4.74 Å². The van der Waals surface area contributed by atoms with Crippen molar-refractivity contribution in [2.24, 2.45) is 5.41 Å². The smallest absolute Gasteiger partial charge is 0.148 e. The molecule has 1 aliphatic heterocycles. The van der Waals surface area contributed by atoms with Gasteiger partial charge in [0.05, 0.1) is 18.8 Å². The molecule has 0 spiro atoms.